The highest BCUT2D eigenvalue weighted by molar-refractivity contribution is 9.08. The molecule has 0 spiro atoms. The van der Waals surface area contributed by atoms with Gasteiger partial charge in [-0.1, -0.05) is 34.1 Å². The monoisotopic (exact) mass is 252 g/mol. The molecule has 1 aromatic heterocycles. The first-order valence-electron chi connectivity index (χ1n) is 4.76. The van der Waals surface area contributed by atoms with Crippen LogP contribution in [0, 0.1) is 0 Å². The van der Waals surface area contributed by atoms with Crippen molar-refractivity contribution in [2.24, 2.45) is 0 Å². The van der Waals surface area contributed by atoms with Gasteiger partial charge >= 0.3 is 0 Å². The molecule has 1 heterocycles. The van der Waals surface area contributed by atoms with E-state index in [2.05, 4.69) is 57.8 Å². The van der Waals surface area contributed by atoms with Crippen LogP contribution in [0.3, 0.4) is 0 Å². The molecule has 3 heteroatoms. The second kappa shape index (κ2) is 3.73. The Labute approximate surface area is 92.0 Å². The number of benzene rings is 1. The van der Waals surface area contributed by atoms with Crippen LogP contribution in [0.2, 0.25) is 0 Å². The summed E-state index contributed by atoms with van der Waals surface area (Å²) in [7, 11) is 0. The summed E-state index contributed by atoms with van der Waals surface area (Å²) >= 11 is 3.52. The van der Waals surface area contributed by atoms with Crippen molar-refractivity contribution in [2.45, 2.75) is 25.2 Å². The fourth-order valence-corrected chi connectivity index (χ4v) is 2.22. The van der Waals surface area contributed by atoms with Crippen molar-refractivity contribution < 1.29 is 0 Å². The van der Waals surface area contributed by atoms with Crippen molar-refractivity contribution in [3.63, 3.8) is 0 Å². The van der Waals surface area contributed by atoms with E-state index >= 15 is 0 Å². The minimum atomic E-state index is 0.412. The Morgan fingerprint density at radius 2 is 2.07 bits per heavy atom. The fraction of sp³-hybridized carbons (Fsp3) is 0.364. The molecule has 0 amide bonds. The Bertz CT molecular complexity index is 445. The minimum absolute atomic E-state index is 0.412. The van der Waals surface area contributed by atoms with Gasteiger partial charge in [-0.2, -0.15) is 5.10 Å². The maximum absolute atomic E-state index is 4.57. The van der Waals surface area contributed by atoms with Gasteiger partial charge in [-0.15, -0.1) is 0 Å². The molecule has 0 N–H and O–H groups in total. The normalized spacial score (nSPS) is 11.4. The second-order valence-corrected chi connectivity index (χ2v) is 4.20. The van der Waals surface area contributed by atoms with Gasteiger partial charge in [0.25, 0.3) is 0 Å². The van der Waals surface area contributed by atoms with Crippen LogP contribution >= 0.6 is 15.9 Å². The molecule has 2 nitrogen and oxygen atoms in total. The summed E-state index contributed by atoms with van der Waals surface area (Å²) in [5.41, 5.74) is 2.34. The first kappa shape index (κ1) is 9.71. The molecule has 2 rings (SSSR count). The molecule has 1 aromatic carbocycles. The molecule has 14 heavy (non-hydrogen) atoms. The quantitative estimate of drug-likeness (QED) is 0.749. The van der Waals surface area contributed by atoms with E-state index in [0.717, 1.165) is 10.8 Å². The number of halogens is 1. The Kier molecular flexibility index (Phi) is 2.59. The maximum Gasteiger partial charge on any atom is 0.0926 e. The number of fused-ring (bicyclic) bond motifs is 1. The fourth-order valence-electron chi connectivity index (χ4n) is 1.67. The van der Waals surface area contributed by atoms with Crippen LogP contribution in [0.1, 0.15) is 25.6 Å². The van der Waals surface area contributed by atoms with Crippen LogP contribution in [0.5, 0.6) is 0 Å². The first-order chi connectivity index (χ1) is 6.74. The molecular formula is C11H13BrN2. The number of rotatable bonds is 2. The predicted molar refractivity (Wildman–Crippen MR) is 62.7 cm³/mol. The SMILES string of the molecule is CC(C)n1nc2ccccc2c1CBr. The maximum atomic E-state index is 4.57. The smallest absolute Gasteiger partial charge is 0.0926 e. The van der Waals surface area contributed by atoms with Gasteiger partial charge in [-0.3, -0.25) is 4.68 Å². The zero-order valence-corrected chi connectivity index (χ0v) is 9.95. The standard InChI is InChI=1S/C11H13BrN2/c1-8(2)14-11(7-12)9-5-3-4-6-10(9)13-14/h3-6,8H,7H2,1-2H3. The zero-order valence-electron chi connectivity index (χ0n) is 8.37. The van der Waals surface area contributed by atoms with Crippen molar-refractivity contribution in [1.82, 2.24) is 9.78 Å². The predicted octanol–water partition coefficient (Wildman–Crippen LogP) is 3.51. The van der Waals surface area contributed by atoms with Gasteiger partial charge < -0.3 is 0 Å². The van der Waals surface area contributed by atoms with Gasteiger partial charge in [0.1, 0.15) is 0 Å². The summed E-state index contributed by atoms with van der Waals surface area (Å²) in [6.45, 7) is 4.30. The molecule has 2 aromatic rings. The molecule has 0 unspecified atom stereocenters. The largest absolute Gasteiger partial charge is 0.265 e. The average Bonchev–Trinajstić information content (AvgIpc) is 2.56. The minimum Gasteiger partial charge on any atom is -0.265 e. The van der Waals surface area contributed by atoms with Crippen molar-refractivity contribution >= 4 is 26.8 Å². The van der Waals surface area contributed by atoms with Gasteiger partial charge in [0.05, 0.1) is 11.2 Å². The van der Waals surface area contributed by atoms with Gasteiger partial charge in [-0.25, -0.2) is 0 Å². The Hall–Kier alpha value is -0.830. The molecule has 0 radical (unpaired) electrons. The lowest BCUT2D eigenvalue weighted by Gasteiger charge is -2.08. The van der Waals surface area contributed by atoms with Crippen LogP contribution in [-0.2, 0) is 5.33 Å². The van der Waals surface area contributed by atoms with Gasteiger partial charge in [0.15, 0.2) is 0 Å². The number of hydrogen-bond acceptors (Lipinski definition) is 1. The second-order valence-electron chi connectivity index (χ2n) is 3.64. The van der Waals surface area contributed by atoms with Crippen LogP contribution < -0.4 is 0 Å². The van der Waals surface area contributed by atoms with Gasteiger partial charge in [0, 0.05) is 16.8 Å². The molecule has 0 aliphatic carbocycles. The molecule has 0 fully saturated rings. The summed E-state index contributed by atoms with van der Waals surface area (Å²) in [6, 6.07) is 8.67. The van der Waals surface area contributed by atoms with Crippen LogP contribution in [0.15, 0.2) is 24.3 Å². The van der Waals surface area contributed by atoms with Gasteiger partial charge in [0.2, 0.25) is 0 Å². The molecule has 0 saturated heterocycles. The lowest BCUT2D eigenvalue weighted by atomic mass is 10.2. The van der Waals surface area contributed by atoms with E-state index in [1.165, 1.54) is 11.1 Å². The summed E-state index contributed by atoms with van der Waals surface area (Å²) in [6.07, 6.45) is 0. The van der Waals surface area contributed by atoms with E-state index < -0.39 is 0 Å². The number of alkyl halides is 1. The number of aromatic nitrogens is 2. The van der Waals surface area contributed by atoms with E-state index in [0.29, 0.717) is 6.04 Å². The molecule has 0 atom stereocenters. The highest BCUT2D eigenvalue weighted by Crippen LogP contribution is 2.23. The molecule has 74 valence electrons. The summed E-state index contributed by atoms with van der Waals surface area (Å²) in [5, 5.41) is 6.67. The molecule has 0 bridgehead atoms. The van der Waals surface area contributed by atoms with Crippen molar-refractivity contribution in [1.29, 1.82) is 0 Å². The third-order valence-electron chi connectivity index (χ3n) is 2.32. The molecular weight excluding hydrogens is 240 g/mol. The lowest BCUT2D eigenvalue weighted by Crippen LogP contribution is -2.05. The highest BCUT2D eigenvalue weighted by Gasteiger charge is 2.10. The van der Waals surface area contributed by atoms with Crippen LogP contribution in [0.25, 0.3) is 10.9 Å². The zero-order chi connectivity index (χ0) is 10.1. The Balaban J connectivity index is 2.72. The van der Waals surface area contributed by atoms with Crippen LogP contribution in [-0.4, -0.2) is 9.78 Å². The van der Waals surface area contributed by atoms with Crippen LogP contribution in [0.4, 0.5) is 0 Å². The van der Waals surface area contributed by atoms with E-state index in [1.54, 1.807) is 0 Å². The lowest BCUT2D eigenvalue weighted by molar-refractivity contribution is 0.523. The van der Waals surface area contributed by atoms with E-state index in [-0.39, 0.29) is 0 Å². The molecule has 0 aliphatic rings. The first-order valence-corrected chi connectivity index (χ1v) is 5.88. The third-order valence-corrected chi connectivity index (χ3v) is 2.85. The summed E-state index contributed by atoms with van der Waals surface area (Å²) in [4.78, 5) is 0. The topological polar surface area (TPSA) is 17.8 Å². The number of nitrogens with zero attached hydrogens (tertiary/aromatic N) is 2. The highest BCUT2D eigenvalue weighted by atomic mass is 79.9. The summed E-state index contributed by atoms with van der Waals surface area (Å²) < 4.78 is 2.08. The van der Waals surface area contributed by atoms with E-state index in [4.69, 9.17) is 0 Å². The van der Waals surface area contributed by atoms with E-state index in [1.807, 2.05) is 6.07 Å². The number of hydrogen-bond donors (Lipinski definition) is 0. The third kappa shape index (κ3) is 1.46. The Morgan fingerprint density at radius 3 is 2.71 bits per heavy atom. The summed E-state index contributed by atoms with van der Waals surface area (Å²) in [5.74, 6) is 0. The van der Waals surface area contributed by atoms with Crippen molar-refractivity contribution in [3.05, 3.63) is 30.0 Å². The Morgan fingerprint density at radius 1 is 1.36 bits per heavy atom. The molecule has 0 aliphatic heterocycles. The van der Waals surface area contributed by atoms with E-state index in [9.17, 15) is 0 Å². The van der Waals surface area contributed by atoms with Crippen molar-refractivity contribution in [3.8, 4) is 0 Å². The molecule has 0 saturated carbocycles. The van der Waals surface area contributed by atoms with Gasteiger partial charge in [-0.05, 0) is 19.9 Å². The van der Waals surface area contributed by atoms with Crippen molar-refractivity contribution in [2.75, 3.05) is 0 Å². The average molecular weight is 253 g/mol.